The van der Waals surface area contributed by atoms with Crippen LogP contribution in [0.4, 0.5) is 0 Å². The predicted octanol–water partition coefficient (Wildman–Crippen LogP) is 10.7. The lowest BCUT2D eigenvalue weighted by Crippen LogP contribution is -2.60. The molecule has 350 valence electrons. The highest BCUT2D eigenvalue weighted by molar-refractivity contribution is 5.76. The van der Waals surface area contributed by atoms with E-state index in [1.165, 1.54) is 83.5 Å². The summed E-state index contributed by atoms with van der Waals surface area (Å²) < 4.78 is 11.1. The number of ether oxygens (including phenoxy) is 2. The van der Waals surface area contributed by atoms with Crippen molar-refractivity contribution in [3.8, 4) is 0 Å². The van der Waals surface area contributed by atoms with Crippen molar-refractivity contribution in [2.75, 3.05) is 13.2 Å². The molecule has 61 heavy (non-hydrogen) atoms. The van der Waals surface area contributed by atoms with E-state index in [2.05, 4.69) is 92.1 Å². The lowest BCUT2D eigenvalue weighted by atomic mass is 9.99. The molecule has 9 heteroatoms. The second-order valence-corrected chi connectivity index (χ2v) is 16.5. The van der Waals surface area contributed by atoms with E-state index >= 15 is 0 Å². The highest BCUT2D eigenvalue weighted by atomic mass is 16.7. The Balaban J connectivity index is 2.11. The van der Waals surface area contributed by atoms with E-state index in [-0.39, 0.29) is 12.5 Å². The highest BCUT2D eigenvalue weighted by Gasteiger charge is 2.44. The van der Waals surface area contributed by atoms with Crippen molar-refractivity contribution in [3.63, 3.8) is 0 Å². The fourth-order valence-electron chi connectivity index (χ4n) is 7.09. The van der Waals surface area contributed by atoms with Gasteiger partial charge in [0.2, 0.25) is 5.91 Å². The summed E-state index contributed by atoms with van der Waals surface area (Å²) >= 11 is 0. The number of allylic oxidation sites excluding steroid dienone is 13. The maximum atomic E-state index is 12.9. The molecule has 1 rings (SSSR count). The molecule has 1 aliphatic heterocycles. The van der Waals surface area contributed by atoms with Gasteiger partial charge >= 0.3 is 0 Å². The van der Waals surface area contributed by atoms with Crippen LogP contribution in [-0.2, 0) is 14.3 Å². The third-order valence-electron chi connectivity index (χ3n) is 10.9. The van der Waals surface area contributed by atoms with Gasteiger partial charge in [-0.15, -0.1) is 0 Å². The molecular weight excluding hydrogens is 767 g/mol. The molecule has 0 aromatic carbocycles. The van der Waals surface area contributed by atoms with Crippen LogP contribution in [0.2, 0.25) is 0 Å². The Morgan fingerprint density at radius 3 is 1.56 bits per heavy atom. The molecule has 1 fully saturated rings. The van der Waals surface area contributed by atoms with Crippen LogP contribution in [-0.4, -0.2) is 87.5 Å². The van der Waals surface area contributed by atoms with Gasteiger partial charge in [-0.1, -0.05) is 189 Å². The third kappa shape index (κ3) is 31.8. The zero-order valence-corrected chi connectivity index (χ0v) is 38.4. The molecular formula is C52H89NO8. The molecule has 1 saturated heterocycles. The summed E-state index contributed by atoms with van der Waals surface area (Å²) in [6.07, 6.45) is 51.1. The number of aliphatic hydroxyl groups is 5. The number of carbonyl (C=O) groups is 1. The molecule has 0 aromatic heterocycles. The first-order valence-corrected chi connectivity index (χ1v) is 24.3. The van der Waals surface area contributed by atoms with Gasteiger partial charge in [0, 0.05) is 6.42 Å². The lowest BCUT2D eigenvalue weighted by molar-refractivity contribution is -0.302. The van der Waals surface area contributed by atoms with Gasteiger partial charge in [0.1, 0.15) is 24.4 Å². The first kappa shape index (κ1) is 56.4. The molecule has 0 aromatic rings. The van der Waals surface area contributed by atoms with Crippen LogP contribution in [0.3, 0.4) is 0 Å². The normalized spacial score (nSPS) is 21.2. The summed E-state index contributed by atoms with van der Waals surface area (Å²) in [6, 6.07) is -0.822. The first-order valence-electron chi connectivity index (χ1n) is 24.3. The summed E-state index contributed by atoms with van der Waals surface area (Å²) in [5, 5.41) is 53.9. The Hall–Kier alpha value is -2.63. The number of unbranched alkanes of at least 4 members (excludes halogenated alkanes) is 17. The van der Waals surface area contributed by atoms with E-state index in [0.717, 1.165) is 77.0 Å². The summed E-state index contributed by atoms with van der Waals surface area (Å²) in [5.41, 5.74) is 0. The van der Waals surface area contributed by atoms with Gasteiger partial charge in [0.25, 0.3) is 0 Å². The van der Waals surface area contributed by atoms with E-state index in [0.29, 0.717) is 6.42 Å². The monoisotopic (exact) mass is 856 g/mol. The minimum atomic E-state index is -1.57. The Kier molecular flexibility index (Phi) is 38.3. The Morgan fingerprint density at radius 2 is 1.03 bits per heavy atom. The van der Waals surface area contributed by atoms with Crippen LogP contribution in [0, 0.1) is 0 Å². The van der Waals surface area contributed by atoms with Gasteiger partial charge in [0.15, 0.2) is 6.29 Å². The lowest BCUT2D eigenvalue weighted by Gasteiger charge is -2.40. The van der Waals surface area contributed by atoms with Gasteiger partial charge in [-0.3, -0.25) is 4.79 Å². The van der Waals surface area contributed by atoms with Crippen LogP contribution in [0.15, 0.2) is 85.1 Å². The minimum Gasteiger partial charge on any atom is -0.394 e. The summed E-state index contributed by atoms with van der Waals surface area (Å²) in [5.74, 6) is -0.196. The largest absolute Gasteiger partial charge is 0.394 e. The molecule has 1 aliphatic rings. The van der Waals surface area contributed by atoms with Gasteiger partial charge < -0.3 is 40.3 Å². The van der Waals surface area contributed by atoms with Crippen molar-refractivity contribution in [2.45, 2.75) is 224 Å². The van der Waals surface area contributed by atoms with E-state index in [1.807, 2.05) is 6.08 Å². The van der Waals surface area contributed by atoms with E-state index in [4.69, 9.17) is 9.47 Å². The molecule has 0 bridgehead atoms. The number of hydrogen-bond acceptors (Lipinski definition) is 8. The van der Waals surface area contributed by atoms with Crippen molar-refractivity contribution in [3.05, 3.63) is 85.1 Å². The Labute approximate surface area is 371 Å². The SMILES string of the molecule is CC/C=C\C/C=C\C/C=C\C/C=C\C/C=C\CCCCCCCCCCCCCCCCCC(=O)NC(COC1OC(CO)C(O)C(O)C1O)C(O)/C=C/CC/C=C/CCC. The summed E-state index contributed by atoms with van der Waals surface area (Å²) in [4.78, 5) is 12.9. The molecule has 7 atom stereocenters. The van der Waals surface area contributed by atoms with Gasteiger partial charge in [-0.2, -0.15) is 0 Å². The number of aliphatic hydroxyl groups excluding tert-OH is 5. The van der Waals surface area contributed by atoms with Crippen LogP contribution in [0.25, 0.3) is 0 Å². The number of nitrogens with one attached hydrogen (secondary N) is 1. The first-order chi connectivity index (χ1) is 29.8. The van der Waals surface area contributed by atoms with Gasteiger partial charge in [-0.05, 0) is 70.6 Å². The van der Waals surface area contributed by atoms with Crippen molar-refractivity contribution in [2.24, 2.45) is 0 Å². The smallest absolute Gasteiger partial charge is 0.220 e. The maximum Gasteiger partial charge on any atom is 0.220 e. The van der Waals surface area contributed by atoms with Gasteiger partial charge in [0.05, 0.1) is 25.4 Å². The molecule has 9 nitrogen and oxygen atoms in total. The Morgan fingerprint density at radius 1 is 0.574 bits per heavy atom. The molecule has 0 spiro atoms. The fraction of sp³-hybridized carbons (Fsp3) is 0.712. The van der Waals surface area contributed by atoms with E-state index in [9.17, 15) is 30.3 Å². The molecule has 1 heterocycles. The zero-order valence-electron chi connectivity index (χ0n) is 38.4. The molecule has 7 unspecified atom stereocenters. The molecule has 6 N–H and O–H groups in total. The maximum absolute atomic E-state index is 12.9. The molecule has 0 radical (unpaired) electrons. The molecule has 0 saturated carbocycles. The van der Waals surface area contributed by atoms with Crippen molar-refractivity contribution in [1.82, 2.24) is 5.32 Å². The number of rotatable bonds is 39. The standard InChI is InChI=1S/C52H89NO8/c1-3-5-7-9-11-12-13-14-15-16-17-18-19-20-21-22-23-24-25-26-27-28-29-30-31-32-33-34-36-38-40-42-48(56)53-45(46(55)41-39-37-35-10-8-6-4-2)44-60-52-51(59)50(58)49(57)47(43-54)61-52/h5,7-8,10-12,14-15,17-18,20-21,39,41,45-47,49-52,54-55,57-59H,3-4,6,9,13,16,19,22-38,40,42-44H2,1-2H3,(H,53,56)/b7-5-,10-8+,12-11-,15-14-,18-17-,21-20-,41-39+. The van der Waals surface area contributed by atoms with E-state index < -0.39 is 49.5 Å². The molecule has 0 aliphatic carbocycles. The van der Waals surface area contributed by atoms with Crippen molar-refractivity contribution < 1.29 is 39.8 Å². The zero-order chi connectivity index (χ0) is 44.4. The quantitative estimate of drug-likeness (QED) is 0.0264. The van der Waals surface area contributed by atoms with Crippen molar-refractivity contribution >= 4 is 5.91 Å². The van der Waals surface area contributed by atoms with Crippen molar-refractivity contribution in [1.29, 1.82) is 0 Å². The number of hydrogen-bond donors (Lipinski definition) is 6. The summed E-state index contributed by atoms with van der Waals surface area (Å²) in [7, 11) is 0. The summed E-state index contributed by atoms with van der Waals surface area (Å²) in [6.45, 7) is 3.51. The van der Waals surface area contributed by atoms with Crippen LogP contribution < -0.4 is 5.32 Å². The third-order valence-corrected chi connectivity index (χ3v) is 10.9. The number of amides is 1. The molecule has 1 amide bonds. The topological polar surface area (TPSA) is 149 Å². The second-order valence-electron chi connectivity index (χ2n) is 16.5. The van der Waals surface area contributed by atoms with Crippen LogP contribution in [0.1, 0.15) is 181 Å². The van der Waals surface area contributed by atoms with E-state index in [1.54, 1.807) is 6.08 Å². The predicted molar refractivity (Wildman–Crippen MR) is 253 cm³/mol. The average Bonchev–Trinajstić information content (AvgIpc) is 3.26. The average molecular weight is 856 g/mol. The van der Waals surface area contributed by atoms with Crippen LogP contribution >= 0.6 is 0 Å². The van der Waals surface area contributed by atoms with Gasteiger partial charge in [-0.25, -0.2) is 0 Å². The minimum absolute atomic E-state index is 0.196. The number of carbonyl (C=O) groups excluding carboxylic acids is 1. The fourth-order valence-corrected chi connectivity index (χ4v) is 7.09. The highest BCUT2D eigenvalue weighted by Crippen LogP contribution is 2.22. The Bertz CT molecular complexity index is 1220. The second kappa shape index (κ2) is 41.4. The van der Waals surface area contributed by atoms with Crippen LogP contribution in [0.5, 0.6) is 0 Å².